The van der Waals surface area contributed by atoms with Crippen LogP contribution in [0.4, 0.5) is 11.6 Å². The highest BCUT2D eigenvalue weighted by Crippen LogP contribution is 2.21. The van der Waals surface area contributed by atoms with Gasteiger partial charge in [-0.2, -0.15) is 0 Å². The first kappa shape index (κ1) is 13.7. The van der Waals surface area contributed by atoms with Crippen LogP contribution in [-0.4, -0.2) is 30.2 Å². The van der Waals surface area contributed by atoms with E-state index in [0.29, 0.717) is 5.82 Å². The van der Waals surface area contributed by atoms with Crippen molar-refractivity contribution in [2.45, 2.75) is 32.6 Å². The number of nitrogens with zero attached hydrogens (tertiary/aromatic N) is 2. The van der Waals surface area contributed by atoms with E-state index in [0.717, 1.165) is 31.2 Å². The molecule has 0 amide bonds. The highest BCUT2D eigenvalue weighted by atomic mass is 16.5. The third-order valence-corrected chi connectivity index (χ3v) is 2.25. The molecule has 1 heterocycles. The number of hydrogen-bond donors (Lipinski definition) is 2. The van der Waals surface area contributed by atoms with Gasteiger partial charge in [-0.15, -0.1) is 0 Å². The fourth-order valence-corrected chi connectivity index (χ4v) is 1.32. The summed E-state index contributed by atoms with van der Waals surface area (Å²) in [4.78, 5) is 8.71. The molecule has 1 aromatic rings. The molecule has 0 aromatic carbocycles. The van der Waals surface area contributed by atoms with Crippen molar-refractivity contribution in [3.05, 3.63) is 11.9 Å². The van der Waals surface area contributed by atoms with Gasteiger partial charge in [0.1, 0.15) is 17.5 Å². The quantitative estimate of drug-likeness (QED) is 0.765. The van der Waals surface area contributed by atoms with Gasteiger partial charge in [0, 0.05) is 31.7 Å². The molecule has 0 aliphatic heterocycles. The molecule has 0 aliphatic rings. The first-order chi connectivity index (χ1) is 7.93. The van der Waals surface area contributed by atoms with Gasteiger partial charge in [-0.3, -0.25) is 0 Å². The number of rotatable bonds is 5. The molecular formula is C12H22N4O. The SMILES string of the molecule is COCCCNc1cc(N)nc(C(C)(C)C)n1. The zero-order chi connectivity index (χ0) is 12.9. The lowest BCUT2D eigenvalue weighted by Gasteiger charge is -2.18. The molecule has 0 saturated heterocycles. The predicted octanol–water partition coefficient (Wildman–Crippen LogP) is 1.80. The molecule has 17 heavy (non-hydrogen) atoms. The Morgan fingerprint density at radius 1 is 1.35 bits per heavy atom. The van der Waals surface area contributed by atoms with Crippen LogP contribution in [0.5, 0.6) is 0 Å². The van der Waals surface area contributed by atoms with E-state index in [4.69, 9.17) is 10.5 Å². The smallest absolute Gasteiger partial charge is 0.138 e. The Balaban J connectivity index is 2.69. The standard InChI is InChI=1S/C12H22N4O/c1-12(2,3)11-15-9(13)8-10(16-11)14-6-5-7-17-4/h8H,5-7H2,1-4H3,(H3,13,14,15,16). The molecule has 5 nitrogen and oxygen atoms in total. The molecule has 0 aliphatic carbocycles. The van der Waals surface area contributed by atoms with E-state index < -0.39 is 0 Å². The number of aromatic nitrogens is 2. The van der Waals surface area contributed by atoms with Crippen molar-refractivity contribution in [3.63, 3.8) is 0 Å². The maximum atomic E-state index is 5.77. The second kappa shape index (κ2) is 5.82. The third kappa shape index (κ3) is 4.56. The lowest BCUT2D eigenvalue weighted by Crippen LogP contribution is -2.18. The minimum Gasteiger partial charge on any atom is -0.385 e. The fraction of sp³-hybridized carbons (Fsp3) is 0.667. The molecule has 1 aromatic heterocycles. The summed E-state index contributed by atoms with van der Waals surface area (Å²) >= 11 is 0. The molecule has 0 atom stereocenters. The van der Waals surface area contributed by atoms with Crippen molar-refractivity contribution in [1.82, 2.24) is 9.97 Å². The van der Waals surface area contributed by atoms with E-state index >= 15 is 0 Å². The summed E-state index contributed by atoms with van der Waals surface area (Å²) in [5, 5.41) is 3.22. The maximum Gasteiger partial charge on any atom is 0.138 e. The highest BCUT2D eigenvalue weighted by Gasteiger charge is 2.18. The molecule has 0 fully saturated rings. The van der Waals surface area contributed by atoms with Crippen LogP contribution in [0, 0.1) is 0 Å². The molecule has 0 unspecified atom stereocenters. The number of nitrogen functional groups attached to an aromatic ring is 1. The zero-order valence-corrected chi connectivity index (χ0v) is 11.1. The van der Waals surface area contributed by atoms with Crippen LogP contribution in [0.25, 0.3) is 0 Å². The summed E-state index contributed by atoms with van der Waals surface area (Å²) < 4.78 is 4.98. The number of methoxy groups -OCH3 is 1. The molecule has 1 rings (SSSR count). The molecule has 3 N–H and O–H groups in total. The lowest BCUT2D eigenvalue weighted by molar-refractivity contribution is 0.197. The van der Waals surface area contributed by atoms with E-state index in [9.17, 15) is 0 Å². The molecule has 0 saturated carbocycles. The minimum atomic E-state index is -0.0989. The van der Waals surface area contributed by atoms with Crippen LogP contribution in [0.3, 0.4) is 0 Å². The summed E-state index contributed by atoms with van der Waals surface area (Å²) in [5.74, 6) is 2.03. The Morgan fingerprint density at radius 2 is 2.06 bits per heavy atom. The van der Waals surface area contributed by atoms with Gasteiger partial charge in [0.25, 0.3) is 0 Å². The van der Waals surface area contributed by atoms with Crippen molar-refractivity contribution < 1.29 is 4.74 Å². The van der Waals surface area contributed by atoms with Crippen molar-refractivity contribution in [2.75, 3.05) is 31.3 Å². The van der Waals surface area contributed by atoms with Crippen molar-refractivity contribution in [1.29, 1.82) is 0 Å². The van der Waals surface area contributed by atoms with E-state index in [1.165, 1.54) is 0 Å². The lowest BCUT2D eigenvalue weighted by atomic mass is 9.96. The third-order valence-electron chi connectivity index (χ3n) is 2.25. The first-order valence-electron chi connectivity index (χ1n) is 5.81. The average Bonchev–Trinajstić information content (AvgIpc) is 2.22. The second-order valence-corrected chi connectivity index (χ2v) is 5.02. The molecular weight excluding hydrogens is 216 g/mol. The number of nitrogens with one attached hydrogen (secondary N) is 1. The molecule has 0 radical (unpaired) electrons. The normalized spacial score (nSPS) is 11.5. The Labute approximate surface area is 103 Å². The topological polar surface area (TPSA) is 73.1 Å². The molecule has 0 bridgehead atoms. The Bertz CT molecular complexity index is 360. The second-order valence-electron chi connectivity index (χ2n) is 5.02. The van der Waals surface area contributed by atoms with Gasteiger partial charge >= 0.3 is 0 Å². The highest BCUT2D eigenvalue weighted by molar-refractivity contribution is 5.45. The first-order valence-corrected chi connectivity index (χ1v) is 5.81. The molecule has 5 heteroatoms. The van der Waals surface area contributed by atoms with Crippen LogP contribution < -0.4 is 11.1 Å². The number of hydrogen-bond acceptors (Lipinski definition) is 5. The van der Waals surface area contributed by atoms with Gasteiger partial charge in [0.05, 0.1) is 0 Å². The van der Waals surface area contributed by atoms with Crippen LogP contribution in [0.2, 0.25) is 0 Å². The van der Waals surface area contributed by atoms with Crippen LogP contribution in [-0.2, 0) is 10.2 Å². The zero-order valence-electron chi connectivity index (χ0n) is 11.1. The summed E-state index contributed by atoms with van der Waals surface area (Å²) in [5.41, 5.74) is 5.67. The van der Waals surface area contributed by atoms with Gasteiger partial charge in [-0.05, 0) is 6.42 Å². The van der Waals surface area contributed by atoms with Gasteiger partial charge in [0.2, 0.25) is 0 Å². The molecule has 96 valence electrons. The average molecular weight is 238 g/mol. The summed E-state index contributed by atoms with van der Waals surface area (Å²) in [6.45, 7) is 7.75. The summed E-state index contributed by atoms with van der Waals surface area (Å²) in [6, 6.07) is 1.75. The van der Waals surface area contributed by atoms with Crippen LogP contribution in [0.1, 0.15) is 33.0 Å². The Morgan fingerprint density at radius 3 is 2.65 bits per heavy atom. The maximum absolute atomic E-state index is 5.77. The minimum absolute atomic E-state index is 0.0989. The monoisotopic (exact) mass is 238 g/mol. The fourth-order valence-electron chi connectivity index (χ4n) is 1.32. The van der Waals surface area contributed by atoms with Crippen LogP contribution in [0.15, 0.2) is 6.07 Å². The number of anilines is 2. The predicted molar refractivity (Wildman–Crippen MR) is 70.1 cm³/mol. The van der Waals surface area contributed by atoms with Crippen molar-refractivity contribution in [2.24, 2.45) is 0 Å². The molecule has 0 spiro atoms. The number of nitrogens with two attached hydrogens (primary N) is 1. The van der Waals surface area contributed by atoms with E-state index in [2.05, 4.69) is 36.1 Å². The van der Waals surface area contributed by atoms with Crippen molar-refractivity contribution in [3.8, 4) is 0 Å². The summed E-state index contributed by atoms with van der Waals surface area (Å²) in [7, 11) is 1.69. The van der Waals surface area contributed by atoms with Gasteiger partial charge in [0.15, 0.2) is 0 Å². The van der Waals surface area contributed by atoms with E-state index in [-0.39, 0.29) is 5.41 Å². The Hall–Kier alpha value is -1.36. The van der Waals surface area contributed by atoms with Crippen molar-refractivity contribution >= 4 is 11.6 Å². The Kier molecular flexibility index (Phi) is 4.69. The van der Waals surface area contributed by atoms with E-state index in [1.807, 2.05) is 0 Å². The largest absolute Gasteiger partial charge is 0.385 e. The number of ether oxygens (including phenoxy) is 1. The van der Waals surface area contributed by atoms with E-state index in [1.54, 1.807) is 13.2 Å². The summed E-state index contributed by atoms with van der Waals surface area (Å²) in [6.07, 6.45) is 0.936. The van der Waals surface area contributed by atoms with Gasteiger partial charge in [-0.25, -0.2) is 9.97 Å². The van der Waals surface area contributed by atoms with Crippen LogP contribution >= 0.6 is 0 Å². The van der Waals surface area contributed by atoms with Gasteiger partial charge < -0.3 is 15.8 Å². The van der Waals surface area contributed by atoms with Gasteiger partial charge in [-0.1, -0.05) is 20.8 Å².